The Bertz CT molecular complexity index is 137. The quantitative estimate of drug-likeness (QED) is 0.404. The molecule has 0 aliphatic rings. The average molecular weight is 129 g/mol. The van der Waals surface area contributed by atoms with Crippen LogP contribution in [0.4, 0.5) is 4.79 Å². The maximum Gasteiger partial charge on any atom is 0.334 e. The highest BCUT2D eigenvalue weighted by molar-refractivity contribution is 5.81. The molecule has 0 aromatic heterocycles. The summed E-state index contributed by atoms with van der Waals surface area (Å²) < 4.78 is 0. The maximum atomic E-state index is 10.3. The molecule has 2 amide bonds. The van der Waals surface area contributed by atoms with Crippen LogP contribution in [0, 0.1) is 0 Å². The summed E-state index contributed by atoms with van der Waals surface area (Å²) in [5.41, 5.74) is 5.67. The number of nitrogens with zero attached hydrogens (tertiary/aromatic N) is 2. The van der Waals surface area contributed by atoms with Crippen LogP contribution in [0.1, 0.15) is 13.8 Å². The number of nitrogens with two attached hydrogens (primary N) is 1. The number of carbonyl (C=O) groups excluding carboxylic acids is 1. The van der Waals surface area contributed by atoms with E-state index in [1.807, 2.05) is 0 Å². The van der Waals surface area contributed by atoms with Gasteiger partial charge in [-0.1, -0.05) is 0 Å². The molecule has 0 heterocycles. The zero-order valence-electron chi connectivity index (χ0n) is 5.88. The molecule has 4 heteroatoms. The van der Waals surface area contributed by atoms with Crippen LogP contribution in [-0.2, 0) is 0 Å². The molecule has 0 rings (SSSR count). The lowest BCUT2D eigenvalue weighted by atomic mass is 10.5. The predicted octanol–water partition coefficient (Wildman–Crippen LogP) is 0.393. The van der Waals surface area contributed by atoms with Gasteiger partial charge in [0, 0.05) is 12.8 Å². The number of carbonyl (C=O) groups is 1. The first-order valence-electron chi connectivity index (χ1n) is 2.59. The molecule has 52 valence electrons. The number of primary amides is 1. The molecule has 0 atom stereocenters. The summed E-state index contributed by atoms with van der Waals surface area (Å²) in [4.78, 5) is 10.3. The third-order valence-corrected chi connectivity index (χ3v) is 0.669. The summed E-state index contributed by atoms with van der Waals surface area (Å²) in [5.74, 6) is 0. The molecule has 4 nitrogen and oxygen atoms in total. The van der Waals surface area contributed by atoms with Crippen molar-refractivity contribution in [3.63, 3.8) is 0 Å². The normalized spacial score (nSPS) is 8.33. The van der Waals surface area contributed by atoms with Gasteiger partial charge in [-0.15, -0.1) is 0 Å². The second-order valence-corrected chi connectivity index (χ2v) is 1.91. The first-order valence-corrected chi connectivity index (χ1v) is 2.59. The van der Waals surface area contributed by atoms with Crippen molar-refractivity contribution in [2.24, 2.45) is 10.8 Å². The van der Waals surface area contributed by atoms with Gasteiger partial charge in [-0.05, 0) is 13.8 Å². The Morgan fingerprint density at radius 1 is 1.56 bits per heavy atom. The van der Waals surface area contributed by atoms with Gasteiger partial charge in [-0.2, -0.15) is 5.10 Å². The van der Waals surface area contributed by atoms with E-state index in [1.54, 1.807) is 13.8 Å². The topological polar surface area (TPSA) is 58.7 Å². The van der Waals surface area contributed by atoms with E-state index in [2.05, 4.69) is 5.10 Å². The molecule has 0 aliphatic carbocycles. The SMILES string of the molecule is CC(C)=NN(C)C(N)=O. The monoisotopic (exact) mass is 129 g/mol. The average Bonchev–Trinajstić information content (AvgIpc) is 1.63. The molecule has 0 unspecified atom stereocenters. The van der Waals surface area contributed by atoms with Crippen molar-refractivity contribution in [1.29, 1.82) is 0 Å². The molecule has 0 saturated heterocycles. The van der Waals surface area contributed by atoms with Gasteiger partial charge in [-0.25, -0.2) is 9.80 Å². The van der Waals surface area contributed by atoms with E-state index < -0.39 is 6.03 Å². The third-order valence-electron chi connectivity index (χ3n) is 0.669. The van der Waals surface area contributed by atoms with Crippen molar-refractivity contribution >= 4 is 11.7 Å². The van der Waals surface area contributed by atoms with E-state index in [4.69, 9.17) is 5.73 Å². The number of amides is 2. The highest BCUT2D eigenvalue weighted by Gasteiger charge is 1.96. The number of hydrazone groups is 1. The first kappa shape index (κ1) is 7.94. The van der Waals surface area contributed by atoms with E-state index >= 15 is 0 Å². The van der Waals surface area contributed by atoms with E-state index in [-0.39, 0.29) is 0 Å². The van der Waals surface area contributed by atoms with Crippen LogP contribution in [0.2, 0.25) is 0 Å². The van der Waals surface area contributed by atoms with Crippen LogP contribution >= 0.6 is 0 Å². The molecule has 2 N–H and O–H groups in total. The molecule has 0 saturated carbocycles. The zero-order chi connectivity index (χ0) is 7.44. The van der Waals surface area contributed by atoms with Crippen molar-refractivity contribution < 1.29 is 4.79 Å². The number of hydrogen-bond donors (Lipinski definition) is 1. The van der Waals surface area contributed by atoms with Crippen molar-refractivity contribution in [1.82, 2.24) is 5.01 Å². The lowest BCUT2D eigenvalue weighted by molar-refractivity contribution is 0.220. The Hall–Kier alpha value is -1.06. The first-order chi connectivity index (χ1) is 4.04. The number of hydrogen-bond acceptors (Lipinski definition) is 2. The summed E-state index contributed by atoms with van der Waals surface area (Å²) in [6, 6.07) is -0.545. The van der Waals surface area contributed by atoms with Crippen LogP contribution in [0.5, 0.6) is 0 Å². The van der Waals surface area contributed by atoms with Crippen molar-refractivity contribution in [2.75, 3.05) is 7.05 Å². The zero-order valence-corrected chi connectivity index (χ0v) is 5.88. The minimum atomic E-state index is -0.545. The highest BCUT2D eigenvalue weighted by Crippen LogP contribution is 1.83. The largest absolute Gasteiger partial charge is 0.350 e. The molecule has 0 aromatic carbocycles. The summed E-state index contributed by atoms with van der Waals surface area (Å²) in [6.07, 6.45) is 0. The molecule has 0 spiro atoms. The van der Waals surface area contributed by atoms with Gasteiger partial charge in [0.1, 0.15) is 0 Å². The van der Waals surface area contributed by atoms with Crippen molar-refractivity contribution in [3.8, 4) is 0 Å². The number of urea groups is 1. The second kappa shape index (κ2) is 3.06. The fraction of sp³-hybridized carbons (Fsp3) is 0.600. The van der Waals surface area contributed by atoms with Gasteiger partial charge in [-0.3, -0.25) is 0 Å². The number of rotatable bonds is 1. The summed E-state index contributed by atoms with van der Waals surface area (Å²) in [5, 5.41) is 4.84. The van der Waals surface area contributed by atoms with Gasteiger partial charge >= 0.3 is 6.03 Å². The Balaban J connectivity index is 3.91. The predicted molar refractivity (Wildman–Crippen MR) is 36.1 cm³/mol. The van der Waals surface area contributed by atoms with Gasteiger partial charge in [0.15, 0.2) is 0 Å². The molecule has 0 aliphatic heterocycles. The van der Waals surface area contributed by atoms with Crippen LogP contribution in [-0.4, -0.2) is 23.8 Å². The maximum absolute atomic E-state index is 10.3. The highest BCUT2D eigenvalue weighted by atomic mass is 16.2. The van der Waals surface area contributed by atoms with Gasteiger partial charge < -0.3 is 5.73 Å². The lowest BCUT2D eigenvalue weighted by Crippen LogP contribution is -2.27. The van der Waals surface area contributed by atoms with E-state index in [1.165, 1.54) is 7.05 Å². The summed E-state index contributed by atoms with van der Waals surface area (Å²) in [7, 11) is 1.51. The molecule has 0 bridgehead atoms. The smallest absolute Gasteiger partial charge is 0.334 e. The third kappa shape index (κ3) is 3.52. The van der Waals surface area contributed by atoms with Gasteiger partial charge in [0.25, 0.3) is 0 Å². The lowest BCUT2D eigenvalue weighted by Gasteiger charge is -2.05. The molecule has 0 aromatic rings. The fourth-order valence-corrected chi connectivity index (χ4v) is 0.349. The van der Waals surface area contributed by atoms with Crippen LogP contribution in [0.15, 0.2) is 5.10 Å². The Morgan fingerprint density at radius 2 is 2.00 bits per heavy atom. The van der Waals surface area contributed by atoms with Gasteiger partial charge in [0.2, 0.25) is 0 Å². The summed E-state index contributed by atoms with van der Waals surface area (Å²) >= 11 is 0. The summed E-state index contributed by atoms with van der Waals surface area (Å²) in [6.45, 7) is 3.58. The molecule has 0 radical (unpaired) electrons. The van der Waals surface area contributed by atoms with E-state index in [0.29, 0.717) is 0 Å². The Morgan fingerprint density at radius 3 is 2.11 bits per heavy atom. The van der Waals surface area contributed by atoms with Gasteiger partial charge in [0.05, 0.1) is 0 Å². The van der Waals surface area contributed by atoms with Crippen LogP contribution < -0.4 is 5.73 Å². The van der Waals surface area contributed by atoms with Crippen LogP contribution in [0.25, 0.3) is 0 Å². The van der Waals surface area contributed by atoms with E-state index in [0.717, 1.165) is 10.7 Å². The Labute approximate surface area is 54.3 Å². The molecule has 9 heavy (non-hydrogen) atoms. The van der Waals surface area contributed by atoms with Crippen molar-refractivity contribution in [2.45, 2.75) is 13.8 Å². The molecule has 0 fully saturated rings. The van der Waals surface area contributed by atoms with Crippen LogP contribution in [0.3, 0.4) is 0 Å². The minimum Gasteiger partial charge on any atom is -0.350 e. The Kier molecular flexibility index (Phi) is 2.70. The van der Waals surface area contributed by atoms with E-state index in [9.17, 15) is 4.79 Å². The molecular weight excluding hydrogens is 118 g/mol. The minimum absolute atomic E-state index is 0.545. The van der Waals surface area contributed by atoms with Crippen molar-refractivity contribution in [3.05, 3.63) is 0 Å². The molecular formula is C5H11N3O. The fourth-order valence-electron chi connectivity index (χ4n) is 0.349. The second-order valence-electron chi connectivity index (χ2n) is 1.91. The standard InChI is InChI=1S/C5H11N3O/c1-4(2)7-8(3)5(6)9/h1-3H3,(H2,6,9).